The second kappa shape index (κ2) is 3.22. The normalized spacial score (nSPS) is 21.9. The molecule has 0 aromatic heterocycles. The summed E-state index contributed by atoms with van der Waals surface area (Å²) in [6, 6.07) is 5.11. The van der Waals surface area contributed by atoms with Crippen LogP contribution in [0.5, 0.6) is 5.75 Å². The SMILES string of the molecule is O=C1Nc2ccc(O)cc2C12CCNCC2. The van der Waals surface area contributed by atoms with Crippen LogP contribution in [0.4, 0.5) is 5.69 Å². The summed E-state index contributed by atoms with van der Waals surface area (Å²) < 4.78 is 0. The fourth-order valence-corrected chi connectivity index (χ4v) is 2.75. The fraction of sp³-hybridized carbons (Fsp3) is 0.417. The van der Waals surface area contributed by atoms with Crippen molar-refractivity contribution < 1.29 is 9.90 Å². The number of fused-ring (bicyclic) bond motifs is 2. The number of phenols is 1. The van der Waals surface area contributed by atoms with E-state index >= 15 is 0 Å². The van der Waals surface area contributed by atoms with Crippen molar-refractivity contribution in [3.63, 3.8) is 0 Å². The van der Waals surface area contributed by atoms with E-state index in [1.165, 1.54) is 0 Å². The first-order chi connectivity index (χ1) is 7.72. The highest BCUT2D eigenvalue weighted by Crippen LogP contribution is 2.44. The number of hydrogen-bond donors (Lipinski definition) is 3. The van der Waals surface area contributed by atoms with Crippen LogP contribution < -0.4 is 10.6 Å². The molecule has 1 aromatic carbocycles. The van der Waals surface area contributed by atoms with Crippen LogP contribution in [-0.4, -0.2) is 24.1 Å². The highest BCUT2D eigenvalue weighted by atomic mass is 16.3. The predicted molar refractivity (Wildman–Crippen MR) is 60.5 cm³/mol. The summed E-state index contributed by atoms with van der Waals surface area (Å²) >= 11 is 0. The molecule has 0 atom stereocenters. The van der Waals surface area contributed by atoms with Crippen molar-refractivity contribution in [3.05, 3.63) is 23.8 Å². The van der Waals surface area contributed by atoms with Gasteiger partial charge in [0, 0.05) is 5.69 Å². The van der Waals surface area contributed by atoms with Crippen molar-refractivity contribution in [1.82, 2.24) is 5.32 Å². The van der Waals surface area contributed by atoms with Crippen molar-refractivity contribution >= 4 is 11.6 Å². The van der Waals surface area contributed by atoms with Gasteiger partial charge in [0.15, 0.2) is 0 Å². The van der Waals surface area contributed by atoms with E-state index in [0.29, 0.717) is 0 Å². The van der Waals surface area contributed by atoms with Crippen LogP contribution in [0.25, 0.3) is 0 Å². The smallest absolute Gasteiger partial charge is 0.235 e. The van der Waals surface area contributed by atoms with Gasteiger partial charge in [-0.25, -0.2) is 0 Å². The summed E-state index contributed by atoms with van der Waals surface area (Å²) in [6.07, 6.45) is 1.60. The number of phenolic OH excluding ortho intramolecular Hbond substituents is 1. The number of hydrogen-bond acceptors (Lipinski definition) is 3. The molecule has 16 heavy (non-hydrogen) atoms. The molecular weight excluding hydrogens is 204 g/mol. The molecule has 0 saturated carbocycles. The summed E-state index contributed by atoms with van der Waals surface area (Å²) in [5.41, 5.74) is 1.39. The number of nitrogens with one attached hydrogen (secondary N) is 2. The molecule has 1 spiro atoms. The molecule has 3 N–H and O–H groups in total. The highest BCUT2D eigenvalue weighted by molar-refractivity contribution is 6.06. The number of amides is 1. The Bertz CT molecular complexity index is 450. The summed E-state index contributed by atoms with van der Waals surface area (Å²) in [7, 11) is 0. The Hall–Kier alpha value is -1.55. The summed E-state index contributed by atoms with van der Waals surface area (Å²) in [5.74, 6) is 0.308. The van der Waals surface area contributed by atoms with E-state index in [4.69, 9.17) is 0 Å². The molecule has 1 fully saturated rings. The first-order valence-electron chi connectivity index (χ1n) is 5.58. The zero-order valence-electron chi connectivity index (χ0n) is 8.92. The number of carbonyl (C=O) groups excluding carboxylic acids is 1. The van der Waals surface area contributed by atoms with Crippen molar-refractivity contribution in [2.75, 3.05) is 18.4 Å². The van der Waals surface area contributed by atoms with Crippen LogP contribution in [-0.2, 0) is 10.2 Å². The number of piperidine rings is 1. The van der Waals surface area contributed by atoms with Crippen LogP contribution in [0.2, 0.25) is 0 Å². The maximum absolute atomic E-state index is 12.1. The Labute approximate surface area is 93.7 Å². The van der Waals surface area contributed by atoms with Gasteiger partial charge in [-0.1, -0.05) is 0 Å². The van der Waals surface area contributed by atoms with Gasteiger partial charge in [-0.15, -0.1) is 0 Å². The van der Waals surface area contributed by atoms with E-state index in [9.17, 15) is 9.90 Å². The van der Waals surface area contributed by atoms with Crippen LogP contribution in [0.1, 0.15) is 18.4 Å². The van der Waals surface area contributed by atoms with E-state index in [-0.39, 0.29) is 11.7 Å². The van der Waals surface area contributed by atoms with Gasteiger partial charge < -0.3 is 15.7 Å². The minimum Gasteiger partial charge on any atom is -0.508 e. The second-order valence-electron chi connectivity index (χ2n) is 4.52. The Morgan fingerprint density at radius 3 is 2.75 bits per heavy atom. The first kappa shape index (κ1) is 9.66. The first-order valence-corrected chi connectivity index (χ1v) is 5.58. The van der Waals surface area contributed by atoms with Crippen molar-refractivity contribution in [2.24, 2.45) is 0 Å². The maximum atomic E-state index is 12.1. The van der Waals surface area contributed by atoms with Crippen LogP contribution in [0.3, 0.4) is 0 Å². The van der Waals surface area contributed by atoms with Gasteiger partial charge in [0.25, 0.3) is 0 Å². The van der Waals surface area contributed by atoms with Gasteiger partial charge in [0.2, 0.25) is 5.91 Å². The standard InChI is InChI=1S/C12H14N2O2/c15-8-1-2-10-9(7-8)12(11(16)14-10)3-5-13-6-4-12/h1-2,7,13,15H,3-6H2,(H,14,16). The van der Waals surface area contributed by atoms with E-state index in [1.54, 1.807) is 18.2 Å². The molecule has 1 amide bonds. The number of aromatic hydroxyl groups is 1. The molecule has 1 aromatic rings. The molecule has 4 heteroatoms. The second-order valence-corrected chi connectivity index (χ2v) is 4.52. The molecule has 0 unspecified atom stereocenters. The molecule has 0 bridgehead atoms. The molecule has 1 saturated heterocycles. The summed E-state index contributed by atoms with van der Waals surface area (Å²) in [5, 5.41) is 15.7. The number of rotatable bonds is 0. The van der Waals surface area contributed by atoms with E-state index in [0.717, 1.165) is 37.2 Å². The molecule has 84 valence electrons. The van der Waals surface area contributed by atoms with Gasteiger partial charge in [0.1, 0.15) is 5.75 Å². The maximum Gasteiger partial charge on any atom is 0.235 e. The van der Waals surface area contributed by atoms with Gasteiger partial charge >= 0.3 is 0 Å². The molecular formula is C12H14N2O2. The fourth-order valence-electron chi connectivity index (χ4n) is 2.75. The third-order valence-electron chi connectivity index (χ3n) is 3.66. The Morgan fingerprint density at radius 1 is 1.25 bits per heavy atom. The molecule has 0 radical (unpaired) electrons. The summed E-state index contributed by atoms with van der Waals surface area (Å²) in [6.45, 7) is 1.70. The van der Waals surface area contributed by atoms with Gasteiger partial charge in [-0.05, 0) is 49.7 Å². The molecule has 0 aliphatic carbocycles. The van der Waals surface area contributed by atoms with Gasteiger partial charge in [0.05, 0.1) is 5.41 Å². The van der Waals surface area contributed by atoms with E-state index < -0.39 is 5.41 Å². The van der Waals surface area contributed by atoms with Crippen LogP contribution in [0.15, 0.2) is 18.2 Å². The van der Waals surface area contributed by atoms with Crippen LogP contribution >= 0.6 is 0 Å². The Kier molecular flexibility index (Phi) is 1.94. The zero-order chi connectivity index (χ0) is 11.2. The lowest BCUT2D eigenvalue weighted by molar-refractivity contribution is -0.121. The molecule has 4 nitrogen and oxygen atoms in total. The Balaban J connectivity index is 2.13. The number of benzene rings is 1. The number of anilines is 1. The monoisotopic (exact) mass is 218 g/mol. The Morgan fingerprint density at radius 2 is 2.00 bits per heavy atom. The third-order valence-corrected chi connectivity index (χ3v) is 3.66. The predicted octanol–water partition coefficient (Wildman–Crippen LogP) is 0.966. The minimum absolute atomic E-state index is 0.0783. The lowest BCUT2D eigenvalue weighted by Gasteiger charge is -2.31. The summed E-state index contributed by atoms with van der Waals surface area (Å²) in [4.78, 5) is 12.1. The highest BCUT2D eigenvalue weighted by Gasteiger charge is 2.47. The average Bonchev–Trinajstić information content (AvgIpc) is 2.55. The molecule has 2 heterocycles. The zero-order valence-corrected chi connectivity index (χ0v) is 8.92. The minimum atomic E-state index is -0.417. The number of carbonyl (C=O) groups is 1. The lowest BCUT2D eigenvalue weighted by Crippen LogP contribution is -2.44. The van der Waals surface area contributed by atoms with Crippen LogP contribution in [0, 0.1) is 0 Å². The van der Waals surface area contributed by atoms with E-state index in [1.807, 2.05) is 0 Å². The topological polar surface area (TPSA) is 61.4 Å². The quantitative estimate of drug-likeness (QED) is 0.568. The van der Waals surface area contributed by atoms with Crippen molar-refractivity contribution in [1.29, 1.82) is 0 Å². The molecule has 2 aliphatic heterocycles. The third kappa shape index (κ3) is 1.16. The molecule has 3 rings (SSSR count). The van der Waals surface area contributed by atoms with Crippen molar-refractivity contribution in [3.8, 4) is 5.75 Å². The van der Waals surface area contributed by atoms with Gasteiger partial charge in [-0.3, -0.25) is 4.79 Å². The van der Waals surface area contributed by atoms with E-state index in [2.05, 4.69) is 10.6 Å². The van der Waals surface area contributed by atoms with Gasteiger partial charge in [-0.2, -0.15) is 0 Å². The lowest BCUT2D eigenvalue weighted by atomic mass is 9.74. The average molecular weight is 218 g/mol. The molecule has 2 aliphatic rings. The largest absolute Gasteiger partial charge is 0.508 e. The van der Waals surface area contributed by atoms with Crippen molar-refractivity contribution in [2.45, 2.75) is 18.3 Å².